The first-order chi connectivity index (χ1) is 39.9. The molecular weight excluding hydrogens is 1080 g/mol. The van der Waals surface area contributed by atoms with Crippen LogP contribution in [0.1, 0.15) is 72.5 Å². The molecule has 20 nitrogen and oxygen atoms in total. The van der Waals surface area contributed by atoms with E-state index in [1.807, 2.05) is 0 Å². The average molecular weight is 1130 g/mol. The molecule has 7 aromatic carbocycles. The third-order valence-corrected chi connectivity index (χ3v) is 13.1. The largest absolute Gasteiger partial charge is 0.566 e. The van der Waals surface area contributed by atoms with Crippen LogP contribution in [-0.4, -0.2) is 116 Å². The van der Waals surface area contributed by atoms with Gasteiger partial charge in [0.15, 0.2) is 36.8 Å². The van der Waals surface area contributed by atoms with Crippen LogP contribution in [0.25, 0.3) is 0 Å². The number of esters is 7. The van der Waals surface area contributed by atoms with Gasteiger partial charge in [-0.25, -0.2) is 33.6 Å². The number of carbonyl (C=O) groups excluding carboxylic acids is 7. The fraction of sp³-hybridized carbons (Fsp3) is 0.197. The molecule has 0 N–H and O–H groups in total. The minimum absolute atomic E-state index is 0.00915. The molecule has 82 heavy (non-hydrogen) atoms. The standard InChI is InChI=1S/C61H49O20P/c62-53(38-22-8-1-9-23-38)71-36-45-47(75-55(64)40-26-12-3-13-27-40)49(76-56(65)41-28-14-4-15-29-41)51(78-58(67)43-32-18-6-19-33-43)60(73-45)80-48-46(37-72-54(63)39-24-10-2-11-25-39)74-61(81-82(69)70)52(79-59(68)44-34-20-7-21-35-44)50(48)77-57(66)42-30-16-5-17-31-42/h1-35,45-52,60-61H,36-37H2/t45-,46-,47+,48-,49+,50+,51-,52+,60+,61-/m1/s1. The highest BCUT2D eigenvalue weighted by Gasteiger charge is 2.59. The Morgan fingerprint density at radius 2 is 0.573 bits per heavy atom. The van der Waals surface area contributed by atoms with Gasteiger partial charge in [-0.3, -0.25) is 0 Å². The van der Waals surface area contributed by atoms with Crippen molar-refractivity contribution in [2.45, 2.75) is 61.4 Å². The molecule has 9 rings (SSSR count). The Balaban J connectivity index is 1.21. The highest BCUT2D eigenvalue weighted by atomic mass is 31.1. The van der Waals surface area contributed by atoms with Gasteiger partial charge >= 0.3 is 50.0 Å². The van der Waals surface area contributed by atoms with Crippen LogP contribution in [0.2, 0.25) is 0 Å². The molecule has 2 saturated heterocycles. The van der Waals surface area contributed by atoms with Crippen molar-refractivity contribution in [3.05, 3.63) is 251 Å². The molecule has 1 unspecified atom stereocenters. The average Bonchev–Trinajstić information content (AvgIpc) is 3.67. The normalized spacial score (nSPS) is 22.2. The van der Waals surface area contributed by atoms with E-state index < -0.39 is 125 Å². The lowest BCUT2D eigenvalue weighted by Crippen LogP contribution is -2.67. The Labute approximate surface area is 469 Å². The number of hydrogen-bond acceptors (Lipinski definition) is 20. The van der Waals surface area contributed by atoms with Crippen LogP contribution in [0.3, 0.4) is 0 Å². The zero-order valence-electron chi connectivity index (χ0n) is 43.0. The highest BCUT2D eigenvalue weighted by molar-refractivity contribution is 7.30. The first-order valence-electron chi connectivity index (χ1n) is 25.4. The molecule has 0 aromatic heterocycles. The van der Waals surface area contributed by atoms with Crippen molar-refractivity contribution < 1.29 is 94.9 Å². The number of carbonyl (C=O) groups is 7. The van der Waals surface area contributed by atoms with Gasteiger partial charge in [-0.2, -0.15) is 0 Å². The van der Waals surface area contributed by atoms with Gasteiger partial charge in [0, 0.05) is 0 Å². The van der Waals surface area contributed by atoms with Crippen molar-refractivity contribution in [1.82, 2.24) is 0 Å². The summed E-state index contributed by atoms with van der Waals surface area (Å²) in [5.74, 6) is -7.13. The van der Waals surface area contributed by atoms with Crippen LogP contribution in [0.4, 0.5) is 0 Å². The molecule has 2 heterocycles. The van der Waals surface area contributed by atoms with Crippen molar-refractivity contribution in [3.8, 4) is 0 Å². The molecule has 2 fully saturated rings. The van der Waals surface area contributed by atoms with Crippen molar-refractivity contribution in [1.29, 1.82) is 0 Å². The van der Waals surface area contributed by atoms with Crippen molar-refractivity contribution >= 4 is 50.0 Å². The first kappa shape index (κ1) is 57.4. The molecule has 11 atom stereocenters. The highest BCUT2D eigenvalue weighted by Crippen LogP contribution is 2.38. The zero-order chi connectivity index (χ0) is 57.4. The van der Waals surface area contributed by atoms with Gasteiger partial charge in [-0.15, -0.1) is 4.52 Å². The quantitative estimate of drug-likeness (QED) is 0.0402. The van der Waals surface area contributed by atoms with Gasteiger partial charge in [0.2, 0.25) is 0 Å². The van der Waals surface area contributed by atoms with E-state index in [-0.39, 0.29) is 38.9 Å². The second kappa shape index (κ2) is 27.7. The van der Waals surface area contributed by atoms with Gasteiger partial charge in [0.25, 0.3) is 6.29 Å². The minimum atomic E-state index is -3.87. The third-order valence-electron chi connectivity index (χ3n) is 12.7. The Morgan fingerprint density at radius 3 is 0.890 bits per heavy atom. The third kappa shape index (κ3) is 14.7. The molecule has 0 radical (unpaired) electrons. The predicted octanol–water partition coefficient (Wildman–Crippen LogP) is 7.70. The lowest BCUT2D eigenvalue weighted by molar-refractivity contribution is -0.351. The number of rotatable bonds is 20. The van der Waals surface area contributed by atoms with Crippen LogP contribution in [0, 0.1) is 0 Å². The molecule has 0 bridgehead atoms. The smallest absolute Gasteiger partial charge is 0.491 e. The van der Waals surface area contributed by atoms with E-state index in [1.165, 1.54) is 121 Å². The topological polar surface area (TPSA) is 261 Å². The molecule has 0 aliphatic carbocycles. The summed E-state index contributed by atoms with van der Waals surface area (Å²) in [4.78, 5) is 112. The minimum Gasteiger partial charge on any atom is -0.566 e. The monoisotopic (exact) mass is 1130 g/mol. The molecular formula is C61H49O20P. The summed E-state index contributed by atoms with van der Waals surface area (Å²) in [5, 5.41) is 0. The maximum Gasteiger partial charge on any atom is 0.491 e. The molecule has 0 amide bonds. The van der Waals surface area contributed by atoms with Crippen molar-refractivity contribution in [3.63, 3.8) is 0 Å². The Morgan fingerprint density at radius 1 is 0.329 bits per heavy atom. The summed E-state index contributed by atoms with van der Waals surface area (Å²) in [6, 6.07) is 53.0. The Kier molecular flexibility index (Phi) is 19.4. The van der Waals surface area contributed by atoms with Crippen LogP contribution >= 0.6 is 8.25 Å². The van der Waals surface area contributed by atoms with Crippen LogP contribution in [0.15, 0.2) is 212 Å². The van der Waals surface area contributed by atoms with Crippen LogP contribution in [0.5, 0.6) is 0 Å². The van der Waals surface area contributed by atoms with Crippen LogP contribution in [-0.2, 0) is 56.5 Å². The van der Waals surface area contributed by atoms with Gasteiger partial charge in [-0.05, 0) is 89.5 Å². The lowest BCUT2D eigenvalue weighted by atomic mass is 9.95. The summed E-state index contributed by atoms with van der Waals surface area (Å²) >= 11 is 0. The van der Waals surface area contributed by atoms with Gasteiger partial charge < -0.3 is 52.3 Å². The summed E-state index contributed by atoms with van der Waals surface area (Å²) in [7, 11) is -3.87. The summed E-state index contributed by atoms with van der Waals surface area (Å²) in [6.45, 7) is -1.66. The van der Waals surface area contributed by atoms with E-state index in [0.717, 1.165) is 0 Å². The van der Waals surface area contributed by atoms with Crippen LogP contribution < -0.4 is 4.89 Å². The maximum absolute atomic E-state index is 14.5. The molecule has 0 saturated carbocycles. The molecule has 418 valence electrons. The van der Waals surface area contributed by atoms with Crippen molar-refractivity contribution in [2.75, 3.05) is 13.2 Å². The van der Waals surface area contributed by atoms with E-state index in [9.17, 15) is 43.0 Å². The van der Waals surface area contributed by atoms with E-state index in [4.69, 9.17) is 51.9 Å². The SMILES string of the molecule is O=C(OC[C@H]1O[C@@H](O[C@H]2[C@H](OC(=O)c3ccccc3)[C@H](OC(=O)c3ccccc3)[C@@H](O[P+](=O)[O-])O[C@@H]2COC(=O)c2ccccc2)[C@H](OC(=O)c2ccccc2)[C@@H](OC(=O)c2ccccc2)[C@H]1OC(=O)c1ccccc1)c1ccccc1. The second-order valence-corrected chi connectivity index (χ2v) is 18.8. The van der Waals surface area contributed by atoms with E-state index >= 15 is 0 Å². The fourth-order valence-electron chi connectivity index (χ4n) is 8.74. The molecule has 2 aliphatic rings. The molecule has 21 heteroatoms. The second-order valence-electron chi connectivity index (χ2n) is 18.1. The number of hydrogen-bond donors (Lipinski definition) is 0. The molecule has 7 aromatic rings. The summed E-state index contributed by atoms with van der Waals surface area (Å²) in [6.07, 6.45) is -20.0. The lowest BCUT2D eigenvalue weighted by Gasteiger charge is -2.48. The van der Waals surface area contributed by atoms with E-state index in [1.54, 1.807) is 91.0 Å². The van der Waals surface area contributed by atoms with Gasteiger partial charge in [0.1, 0.15) is 31.5 Å². The summed E-state index contributed by atoms with van der Waals surface area (Å²) in [5.41, 5.74) is -0.0494. The van der Waals surface area contributed by atoms with Crippen molar-refractivity contribution in [2.24, 2.45) is 0 Å². The number of benzene rings is 7. The van der Waals surface area contributed by atoms with Gasteiger partial charge in [0.05, 0.1) is 38.9 Å². The molecule has 0 spiro atoms. The maximum atomic E-state index is 14.5. The van der Waals surface area contributed by atoms with E-state index in [0.29, 0.717) is 0 Å². The van der Waals surface area contributed by atoms with E-state index in [2.05, 4.69) is 0 Å². The fourth-order valence-corrected chi connectivity index (χ4v) is 9.08. The predicted molar refractivity (Wildman–Crippen MR) is 283 cm³/mol. The zero-order valence-corrected chi connectivity index (χ0v) is 43.9. The Hall–Kier alpha value is -9.27. The molecule has 2 aliphatic heterocycles. The van der Waals surface area contributed by atoms with Gasteiger partial charge in [-0.1, -0.05) is 127 Å². The first-order valence-corrected chi connectivity index (χ1v) is 26.5. The Bertz CT molecular complexity index is 3310. The number of ether oxygens (including phenoxy) is 10. The summed E-state index contributed by atoms with van der Waals surface area (Å²) < 4.78 is 80.1.